The van der Waals surface area contributed by atoms with Crippen molar-refractivity contribution < 1.29 is 27.5 Å². The zero-order valence-corrected chi connectivity index (χ0v) is 22.4. The summed E-state index contributed by atoms with van der Waals surface area (Å²) in [6, 6.07) is 16.7. The average Bonchev–Trinajstić information content (AvgIpc) is 3.36. The van der Waals surface area contributed by atoms with Gasteiger partial charge in [0.1, 0.15) is 0 Å². The number of nitrogens with one attached hydrogen (secondary N) is 2. The Morgan fingerprint density at radius 1 is 0.974 bits per heavy atom. The van der Waals surface area contributed by atoms with Gasteiger partial charge in [-0.1, -0.05) is 25.1 Å². The highest BCUT2D eigenvalue weighted by molar-refractivity contribution is 7.92. The number of carbonyl (C=O) groups is 2. The predicted octanol–water partition coefficient (Wildman–Crippen LogP) is 3.78. The number of sulfonamides is 1. The number of rotatable bonds is 10. The maximum atomic E-state index is 13.2. The molecule has 2 amide bonds. The molecule has 200 valence electrons. The Bertz CT molecular complexity index is 1450. The van der Waals surface area contributed by atoms with Gasteiger partial charge in [0.15, 0.2) is 11.5 Å². The lowest BCUT2D eigenvalue weighted by molar-refractivity contribution is -0.118. The van der Waals surface area contributed by atoms with E-state index in [2.05, 4.69) is 10.0 Å². The molecule has 1 heterocycles. The number of fused-ring (bicyclic) bond motifs is 1. The van der Waals surface area contributed by atoms with Crippen LogP contribution < -0.4 is 24.4 Å². The zero-order chi connectivity index (χ0) is 27.3. The van der Waals surface area contributed by atoms with Crippen molar-refractivity contribution in [3.63, 3.8) is 0 Å². The van der Waals surface area contributed by atoms with Crippen molar-refractivity contribution in [1.29, 1.82) is 0 Å². The van der Waals surface area contributed by atoms with Gasteiger partial charge in [-0.3, -0.25) is 14.3 Å². The maximum absolute atomic E-state index is 13.2. The first-order valence-electron chi connectivity index (χ1n) is 12.3. The lowest BCUT2D eigenvalue weighted by Crippen LogP contribution is -2.27. The molecule has 4 rings (SSSR count). The first-order chi connectivity index (χ1) is 18.3. The lowest BCUT2D eigenvalue weighted by Gasteiger charge is -2.17. The van der Waals surface area contributed by atoms with E-state index in [9.17, 15) is 18.0 Å². The molecule has 2 N–H and O–H groups in total. The van der Waals surface area contributed by atoms with Crippen LogP contribution in [0, 0.1) is 0 Å². The van der Waals surface area contributed by atoms with Crippen molar-refractivity contribution in [2.75, 3.05) is 36.9 Å². The molecule has 3 aromatic carbocycles. The predicted molar refractivity (Wildman–Crippen MR) is 146 cm³/mol. The summed E-state index contributed by atoms with van der Waals surface area (Å²) in [6.07, 6.45) is 1.52. The van der Waals surface area contributed by atoms with Gasteiger partial charge in [-0.15, -0.1) is 0 Å². The Kier molecular flexibility index (Phi) is 8.21. The summed E-state index contributed by atoms with van der Waals surface area (Å²) in [4.78, 5) is 26.9. The third kappa shape index (κ3) is 5.75. The summed E-state index contributed by atoms with van der Waals surface area (Å²) in [5.41, 5.74) is 2.89. The summed E-state index contributed by atoms with van der Waals surface area (Å²) in [5, 5.41) is 2.85. The molecule has 1 aliphatic heterocycles. The number of benzene rings is 3. The van der Waals surface area contributed by atoms with Crippen LogP contribution in [0.4, 0.5) is 11.4 Å². The number of carbonyl (C=O) groups excluding carboxylic acids is 2. The second kappa shape index (κ2) is 11.6. The molecule has 10 heteroatoms. The third-order valence-corrected chi connectivity index (χ3v) is 7.79. The van der Waals surface area contributed by atoms with E-state index >= 15 is 0 Å². The zero-order valence-electron chi connectivity index (χ0n) is 21.6. The molecule has 0 saturated heterocycles. The van der Waals surface area contributed by atoms with Gasteiger partial charge in [0, 0.05) is 25.2 Å². The van der Waals surface area contributed by atoms with E-state index in [-0.39, 0.29) is 22.1 Å². The molecule has 0 aromatic heterocycles. The van der Waals surface area contributed by atoms with Crippen LogP contribution in [-0.2, 0) is 27.7 Å². The summed E-state index contributed by atoms with van der Waals surface area (Å²) in [5.74, 6) is 0.832. The molecule has 0 spiro atoms. The molecule has 0 aliphatic carbocycles. The first kappa shape index (κ1) is 27.0. The van der Waals surface area contributed by atoms with Gasteiger partial charge in [-0.25, -0.2) is 8.42 Å². The highest BCUT2D eigenvalue weighted by atomic mass is 32.2. The van der Waals surface area contributed by atoms with Gasteiger partial charge < -0.3 is 19.7 Å². The average molecular weight is 538 g/mol. The van der Waals surface area contributed by atoms with Gasteiger partial charge >= 0.3 is 0 Å². The minimum absolute atomic E-state index is 0.00329. The molecule has 38 heavy (non-hydrogen) atoms. The molecule has 0 saturated carbocycles. The number of hydrogen-bond donors (Lipinski definition) is 2. The van der Waals surface area contributed by atoms with Gasteiger partial charge in [-0.05, 0) is 66.4 Å². The van der Waals surface area contributed by atoms with E-state index in [4.69, 9.17) is 9.47 Å². The molecule has 0 fully saturated rings. The van der Waals surface area contributed by atoms with Crippen molar-refractivity contribution in [2.45, 2.75) is 31.1 Å². The fourth-order valence-electron chi connectivity index (χ4n) is 4.42. The quantitative estimate of drug-likeness (QED) is 0.407. The Morgan fingerprint density at radius 2 is 1.74 bits per heavy atom. The number of methoxy groups -OCH3 is 2. The first-order valence-corrected chi connectivity index (χ1v) is 13.8. The normalized spacial score (nSPS) is 12.6. The van der Waals surface area contributed by atoms with E-state index < -0.39 is 15.9 Å². The molecule has 1 aliphatic rings. The minimum atomic E-state index is -3.97. The van der Waals surface area contributed by atoms with Crippen LogP contribution in [0.2, 0.25) is 0 Å². The third-order valence-electron chi connectivity index (χ3n) is 6.42. The SMILES string of the molecule is CCC(=O)N1CCc2cc(S(=O)(=O)Nc3ccccc3C(=O)NCCc3ccc(OC)c(OC)c3)ccc21. The largest absolute Gasteiger partial charge is 0.493 e. The van der Waals surface area contributed by atoms with Crippen molar-refractivity contribution in [3.8, 4) is 11.5 Å². The van der Waals surface area contributed by atoms with Crippen LogP contribution in [0.15, 0.2) is 65.6 Å². The van der Waals surface area contributed by atoms with Crippen LogP contribution in [0.5, 0.6) is 11.5 Å². The highest BCUT2D eigenvalue weighted by Crippen LogP contribution is 2.32. The minimum Gasteiger partial charge on any atom is -0.493 e. The van der Waals surface area contributed by atoms with Crippen molar-refractivity contribution in [3.05, 3.63) is 77.4 Å². The van der Waals surface area contributed by atoms with Gasteiger partial charge in [0.2, 0.25) is 5.91 Å². The summed E-state index contributed by atoms with van der Waals surface area (Å²) in [6.45, 7) is 2.67. The van der Waals surface area contributed by atoms with E-state index in [0.29, 0.717) is 43.9 Å². The Balaban J connectivity index is 1.45. The molecule has 3 aromatic rings. The van der Waals surface area contributed by atoms with Gasteiger partial charge in [-0.2, -0.15) is 0 Å². The van der Waals surface area contributed by atoms with Crippen LogP contribution in [0.1, 0.15) is 34.8 Å². The summed E-state index contributed by atoms with van der Waals surface area (Å²) < 4.78 is 39.6. The number of para-hydroxylation sites is 1. The monoisotopic (exact) mass is 537 g/mol. The van der Waals surface area contributed by atoms with Gasteiger partial charge in [0.25, 0.3) is 15.9 Å². The lowest BCUT2D eigenvalue weighted by atomic mass is 10.1. The van der Waals surface area contributed by atoms with E-state index in [1.54, 1.807) is 68.5 Å². The number of ether oxygens (including phenoxy) is 2. The van der Waals surface area contributed by atoms with E-state index in [1.807, 2.05) is 12.1 Å². The number of nitrogens with zero attached hydrogens (tertiary/aromatic N) is 1. The summed E-state index contributed by atoms with van der Waals surface area (Å²) in [7, 11) is -0.843. The molecule has 9 nitrogen and oxygen atoms in total. The molecule has 0 radical (unpaired) electrons. The van der Waals surface area contributed by atoms with Crippen LogP contribution >= 0.6 is 0 Å². The molecular weight excluding hydrogens is 506 g/mol. The molecule has 0 atom stereocenters. The van der Waals surface area contributed by atoms with Gasteiger partial charge in [0.05, 0.1) is 30.4 Å². The second-order valence-electron chi connectivity index (χ2n) is 8.79. The fourth-order valence-corrected chi connectivity index (χ4v) is 5.55. The molecule has 0 unspecified atom stereocenters. The Hall–Kier alpha value is -4.05. The Morgan fingerprint density at radius 3 is 2.47 bits per heavy atom. The van der Waals surface area contributed by atoms with Crippen molar-refractivity contribution >= 4 is 33.2 Å². The molecule has 0 bridgehead atoms. The number of amides is 2. The highest BCUT2D eigenvalue weighted by Gasteiger charge is 2.26. The van der Waals surface area contributed by atoms with E-state index in [1.165, 1.54) is 6.07 Å². The fraction of sp³-hybridized carbons (Fsp3) is 0.286. The maximum Gasteiger partial charge on any atom is 0.261 e. The van der Waals surface area contributed by atoms with Crippen molar-refractivity contribution in [1.82, 2.24) is 5.32 Å². The second-order valence-corrected chi connectivity index (χ2v) is 10.5. The number of anilines is 2. The Labute approximate surface area is 222 Å². The molecular formula is C28H31N3O6S. The van der Waals surface area contributed by atoms with Crippen LogP contribution in [-0.4, -0.2) is 47.5 Å². The van der Waals surface area contributed by atoms with E-state index in [0.717, 1.165) is 16.8 Å². The standard InChI is InChI=1S/C28H31N3O6S/c1-4-27(32)31-16-14-20-18-21(10-11-24(20)31)38(34,35)30-23-8-6-5-7-22(23)28(33)29-15-13-19-9-12-25(36-2)26(17-19)37-3/h5-12,17-18,30H,4,13-16H2,1-3H3,(H,29,33). The topological polar surface area (TPSA) is 114 Å². The van der Waals surface area contributed by atoms with Crippen LogP contribution in [0.3, 0.4) is 0 Å². The number of hydrogen-bond acceptors (Lipinski definition) is 6. The van der Waals surface area contributed by atoms with Crippen molar-refractivity contribution in [2.24, 2.45) is 0 Å². The van der Waals surface area contributed by atoms with Crippen LogP contribution in [0.25, 0.3) is 0 Å². The summed E-state index contributed by atoms with van der Waals surface area (Å²) >= 11 is 0. The smallest absolute Gasteiger partial charge is 0.261 e.